The maximum absolute atomic E-state index is 11.1. The standard InChI is InChI=1S/C15H35N4O2P/c1-12(2)18(13(3)4)17(11-9-10-16)22(20,21)19(14(5)6)15(7)8/h12-15,20-22H,9,11H2,1-8H3. The van der Waals surface area contributed by atoms with E-state index in [1.54, 1.807) is 9.45 Å². The Kier molecular flexibility index (Phi) is 9.01. The fourth-order valence-corrected chi connectivity index (χ4v) is 5.99. The van der Waals surface area contributed by atoms with E-state index in [9.17, 15) is 9.79 Å². The molecule has 0 spiro atoms. The topological polar surface area (TPSA) is 74.0 Å². The van der Waals surface area contributed by atoms with Crippen LogP contribution in [0.2, 0.25) is 0 Å². The fraction of sp³-hybridized carbons (Fsp3) is 0.933. The first-order chi connectivity index (χ1) is 9.98. The van der Waals surface area contributed by atoms with Crippen LogP contribution in [0.15, 0.2) is 0 Å². The zero-order valence-corrected chi connectivity index (χ0v) is 16.4. The quantitative estimate of drug-likeness (QED) is 0.499. The molecule has 0 unspecified atom stereocenters. The first-order valence-corrected chi connectivity index (χ1v) is 9.93. The van der Waals surface area contributed by atoms with Crippen molar-refractivity contribution < 1.29 is 9.79 Å². The van der Waals surface area contributed by atoms with Crippen molar-refractivity contribution in [2.75, 3.05) is 6.54 Å². The van der Waals surface area contributed by atoms with E-state index in [2.05, 4.69) is 6.07 Å². The summed E-state index contributed by atoms with van der Waals surface area (Å²) in [6.45, 7) is 16.3. The van der Waals surface area contributed by atoms with Crippen LogP contribution in [-0.4, -0.2) is 55.0 Å². The summed E-state index contributed by atoms with van der Waals surface area (Å²) >= 11 is 0. The minimum atomic E-state index is -3.87. The van der Waals surface area contributed by atoms with Crippen molar-refractivity contribution in [3.05, 3.63) is 0 Å². The maximum atomic E-state index is 11.1. The van der Waals surface area contributed by atoms with Gasteiger partial charge in [0.05, 0.1) is 0 Å². The minimum absolute atomic E-state index is 0.00688. The van der Waals surface area contributed by atoms with Gasteiger partial charge in [-0.25, -0.2) is 0 Å². The van der Waals surface area contributed by atoms with Crippen molar-refractivity contribution in [3.8, 4) is 6.07 Å². The van der Waals surface area contributed by atoms with Gasteiger partial charge >= 0.3 is 136 Å². The van der Waals surface area contributed by atoms with E-state index in [1.165, 1.54) is 0 Å². The molecule has 0 aromatic carbocycles. The molecule has 0 amide bonds. The molecule has 0 aliphatic carbocycles. The van der Waals surface area contributed by atoms with Crippen LogP contribution in [0.1, 0.15) is 61.8 Å². The average Bonchev–Trinajstić information content (AvgIpc) is 2.31. The van der Waals surface area contributed by atoms with Crippen molar-refractivity contribution in [1.82, 2.24) is 14.5 Å². The van der Waals surface area contributed by atoms with E-state index in [-0.39, 0.29) is 30.6 Å². The van der Waals surface area contributed by atoms with Crippen LogP contribution >= 0.6 is 8.02 Å². The van der Waals surface area contributed by atoms with E-state index in [0.717, 1.165) is 0 Å². The molecule has 2 N–H and O–H groups in total. The number of hydrogen-bond acceptors (Lipinski definition) is 6. The average molecular weight is 334 g/mol. The summed E-state index contributed by atoms with van der Waals surface area (Å²) in [5.74, 6) is 0. The van der Waals surface area contributed by atoms with E-state index < -0.39 is 8.02 Å². The molecule has 0 heterocycles. The number of hydrazine groups is 1. The van der Waals surface area contributed by atoms with Crippen molar-refractivity contribution in [3.63, 3.8) is 0 Å². The monoisotopic (exact) mass is 334 g/mol. The second-order valence-electron chi connectivity index (χ2n) is 6.79. The number of nitrogens with zero attached hydrogens (tertiary/aromatic N) is 4. The van der Waals surface area contributed by atoms with Gasteiger partial charge in [-0.3, -0.25) is 0 Å². The number of rotatable bonds is 9. The summed E-state index contributed by atoms with van der Waals surface area (Å²) in [6, 6.07) is 2.36. The molecule has 0 aromatic rings. The summed E-state index contributed by atoms with van der Waals surface area (Å²) in [6.07, 6.45) is 0.260. The van der Waals surface area contributed by atoms with Gasteiger partial charge in [0.25, 0.3) is 0 Å². The third kappa shape index (κ3) is 5.42. The van der Waals surface area contributed by atoms with Gasteiger partial charge in [-0.15, -0.1) is 0 Å². The van der Waals surface area contributed by atoms with Crippen LogP contribution in [0.25, 0.3) is 0 Å². The summed E-state index contributed by atoms with van der Waals surface area (Å²) in [5.41, 5.74) is 0. The van der Waals surface area contributed by atoms with Gasteiger partial charge < -0.3 is 0 Å². The van der Waals surface area contributed by atoms with Gasteiger partial charge in [0.1, 0.15) is 0 Å². The van der Waals surface area contributed by atoms with Crippen LogP contribution < -0.4 is 0 Å². The molecule has 0 fully saturated rings. The predicted molar refractivity (Wildman–Crippen MR) is 93.9 cm³/mol. The molecule has 0 atom stereocenters. The Morgan fingerprint density at radius 2 is 1.27 bits per heavy atom. The van der Waals surface area contributed by atoms with Crippen molar-refractivity contribution >= 4 is 8.02 Å². The van der Waals surface area contributed by atoms with Gasteiger partial charge in [-0.1, -0.05) is 0 Å². The van der Waals surface area contributed by atoms with Gasteiger partial charge in [-0.05, 0) is 0 Å². The Morgan fingerprint density at radius 3 is 1.55 bits per heavy atom. The van der Waals surface area contributed by atoms with Crippen molar-refractivity contribution in [2.24, 2.45) is 0 Å². The van der Waals surface area contributed by atoms with Gasteiger partial charge in [0.2, 0.25) is 0 Å². The molecule has 6 nitrogen and oxygen atoms in total. The zero-order valence-electron chi connectivity index (χ0n) is 15.4. The zero-order chi connectivity index (χ0) is 17.7. The molecule has 22 heavy (non-hydrogen) atoms. The van der Waals surface area contributed by atoms with Crippen LogP contribution in [-0.2, 0) is 0 Å². The second-order valence-corrected chi connectivity index (χ2v) is 9.03. The molecule has 0 saturated carbocycles. The molecule has 0 radical (unpaired) electrons. The first kappa shape index (κ1) is 21.7. The van der Waals surface area contributed by atoms with Crippen LogP contribution in [0.5, 0.6) is 0 Å². The van der Waals surface area contributed by atoms with Gasteiger partial charge in [0.15, 0.2) is 0 Å². The van der Waals surface area contributed by atoms with E-state index in [1.807, 2.05) is 60.4 Å². The van der Waals surface area contributed by atoms with Gasteiger partial charge in [-0.2, -0.15) is 0 Å². The van der Waals surface area contributed by atoms with Crippen molar-refractivity contribution in [2.45, 2.75) is 86.0 Å². The molecule has 0 aromatic heterocycles. The Labute approximate surface area is 136 Å². The van der Waals surface area contributed by atoms with E-state index >= 15 is 0 Å². The fourth-order valence-electron chi connectivity index (χ4n) is 3.15. The SMILES string of the molecule is CC(C)N(C(C)C)N(CCC#N)[PH](O)(O)N(C(C)C)C(C)C. The molecule has 0 rings (SSSR count). The first-order valence-electron chi connectivity index (χ1n) is 8.14. The number of hydrogen-bond donors (Lipinski definition) is 2. The molecular weight excluding hydrogens is 299 g/mol. The van der Waals surface area contributed by atoms with E-state index in [0.29, 0.717) is 6.54 Å². The van der Waals surface area contributed by atoms with Crippen LogP contribution in [0.4, 0.5) is 0 Å². The van der Waals surface area contributed by atoms with Crippen LogP contribution in [0.3, 0.4) is 0 Å². The molecule has 7 heteroatoms. The molecule has 0 aliphatic heterocycles. The summed E-state index contributed by atoms with van der Waals surface area (Å²) in [4.78, 5) is 22.1. The Bertz CT molecular complexity index is 351. The second kappa shape index (κ2) is 9.12. The third-order valence-electron chi connectivity index (χ3n) is 3.58. The molecule has 0 aliphatic rings. The molecule has 0 bridgehead atoms. The summed E-state index contributed by atoms with van der Waals surface area (Å²) in [7, 11) is -3.87. The normalized spacial score (nSPS) is 14.2. The third-order valence-corrected chi connectivity index (χ3v) is 6.45. The summed E-state index contributed by atoms with van der Waals surface area (Å²) < 4.78 is 3.44. The molecule has 132 valence electrons. The Balaban J connectivity index is 5.77. The molecule has 0 saturated heterocycles. The Morgan fingerprint density at radius 1 is 0.864 bits per heavy atom. The summed E-state index contributed by atoms with van der Waals surface area (Å²) in [5, 5.41) is 10.9. The Hall–Kier alpha value is -0.280. The predicted octanol–water partition coefficient (Wildman–Crippen LogP) is 2.75. The number of nitriles is 1. The van der Waals surface area contributed by atoms with Crippen molar-refractivity contribution in [1.29, 1.82) is 5.26 Å². The molecular formula is C15H35N4O2P. The van der Waals surface area contributed by atoms with Crippen LogP contribution in [0, 0.1) is 11.3 Å². The van der Waals surface area contributed by atoms with Gasteiger partial charge in [0, 0.05) is 0 Å². The van der Waals surface area contributed by atoms with E-state index in [4.69, 9.17) is 5.26 Å².